The van der Waals surface area contributed by atoms with Crippen molar-refractivity contribution >= 4 is 0 Å². The summed E-state index contributed by atoms with van der Waals surface area (Å²) in [6.45, 7) is 5.44. The smallest absolute Gasteiger partial charge is 0.0431 e. The molecule has 0 heterocycles. The first-order chi connectivity index (χ1) is 18.7. The van der Waals surface area contributed by atoms with E-state index in [2.05, 4.69) is 13.8 Å². The van der Waals surface area contributed by atoms with Crippen LogP contribution in [0.5, 0.6) is 0 Å². The van der Waals surface area contributed by atoms with Crippen molar-refractivity contribution < 1.29 is 10.2 Å². The fraction of sp³-hybridized carbons (Fsp3) is 1.00. The summed E-state index contributed by atoms with van der Waals surface area (Å²) >= 11 is 0. The van der Waals surface area contributed by atoms with Gasteiger partial charge in [-0.3, -0.25) is 0 Å². The van der Waals surface area contributed by atoms with E-state index in [1.54, 1.807) is 6.42 Å². The summed E-state index contributed by atoms with van der Waals surface area (Å²) in [6.07, 6.45) is 40.3. The minimum atomic E-state index is 0.367. The Morgan fingerprint density at radius 1 is 0.474 bits per heavy atom. The van der Waals surface area contributed by atoms with E-state index < -0.39 is 0 Å². The summed E-state index contributed by atoms with van der Waals surface area (Å²) in [5.41, 5.74) is 0.644. The van der Waals surface area contributed by atoms with E-state index >= 15 is 0 Å². The van der Waals surface area contributed by atoms with Crippen LogP contribution in [0.4, 0.5) is 0 Å². The van der Waals surface area contributed by atoms with Crippen LogP contribution in [0.3, 0.4) is 0 Å². The maximum Gasteiger partial charge on any atom is 0.0431 e. The van der Waals surface area contributed by atoms with E-state index in [0.29, 0.717) is 18.6 Å². The van der Waals surface area contributed by atoms with Crippen molar-refractivity contribution in [2.45, 2.75) is 200 Å². The normalized spacial score (nSPS) is 21.8. The Bertz CT molecular complexity index is 476. The molecular weight excluding hydrogens is 464 g/mol. The maximum atomic E-state index is 9.02. The predicted octanol–water partition coefficient (Wildman–Crippen LogP) is 11.6. The summed E-state index contributed by atoms with van der Waals surface area (Å²) < 4.78 is 0. The number of rotatable bonds is 28. The van der Waals surface area contributed by atoms with Gasteiger partial charge in [0.1, 0.15) is 0 Å². The lowest BCUT2D eigenvalue weighted by Crippen LogP contribution is -2.37. The molecule has 0 aromatic rings. The molecule has 0 amide bonds. The molecule has 1 aliphatic rings. The fourth-order valence-electron chi connectivity index (χ4n) is 7.64. The second-order valence-corrected chi connectivity index (χ2v) is 13.3. The van der Waals surface area contributed by atoms with Crippen LogP contribution in [0.15, 0.2) is 0 Å². The molecule has 0 aliphatic heterocycles. The van der Waals surface area contributed by atoms with Gasteiger partial charge in [-0.2, -0.15) is 0 Å². The quantitative estimate of drug-likeness (QED) is 0.0976. The molecule has 0 aromatic heterocycles. The summed E-state index contributed by atoms with van der Waals surface area (Å²) in [4.78, 5) is 0. The molecule has 2 heteroatoms. The predicted molar refractivity (Wildman–Crippen MR) is 169 cm³/mol. The largest absolute Gasteiger partial charge is 0.396 e. The van der Waals surface area contributed by atoms with E-state index in [1.807, 2.05) is 0 Å². The molecular formula is C36H72O2. The number of aliphatic hydroxyl groups is 2. The SMILES string of the molecule is CCCCCCC1CCC(CCCCCCCCO)CC1(CCCCCC)CCCCCCCCCCO. The van der Waals surface area contributed by atoms with E-state index in [-0.39, 0.29) is 0 Å². The molecule has 2 N–H and O–H groups in total. The molecule has 0 spiro atoms. The van der Waals surface area contributed by atoms with Gasteiger partial charge >= 0.3 is 0 Å². The third kappa shape index (κ3) is 17.6. The Morgan fingerprint density at radius 3 is 1.42 bits per heavy atom. The number of hydrogen-bond donors (Lipinski definition) is 2. The van der Waals surface area contributed by atoms with Crippen LogP contribution in [-0.2, 0) is 0 Å². The monoisotopic (exact) mass is 537 g/mol. The zero-order chi connectivity index (χ0) is 27.6. The number of unbranched alkanes of at least 4 members (excludes halogenated alkanes) is 18. The Balaban J connectivity index is 2.66. The highest BCUT2D eigenvalue weighted by Crippen LogP contribution is 2.53. The Labute approximate surface area is 240 Å². The molecule has 1 aliphatic carbocycles. The van der Waals surface area contributed by atoms with E-state index in [1.165, 1.54) is 167 Å². The van der Waals surface area contributed by atoms with Gasteiger partial charge in [-0.1, -0.05) is 155 Å². The van der Waals surface area contributed by atoms with Gasteiger partial charge in [0.25, 0.3) is 0 Å². The minimum Gasteiger partial charge on any atom is -0.396 e. The highest BCUT2D eigenvalue weighted by molar-refractivity contribution is 4.93. The Morgan fingerprint density at radius 2 is 0.895 bits per heavy atom. The van der Waals surface area contributed by atoms with Crippen LogP contribution in [0.2, 0.25) is 0 Å². The van der Waals surface area contributed by atoms with E-state index in [4.69, 9.17) is 10.2 Å². The van der Waals surface area contributed by atoms with Crippen LogP contribution >= 0.6 is 0 Å². The van der Waals surface area contributed by atoms with Gasteiger partial charge in [0.15, 0.2) is 0 Å². The Kier molecular flexibility index (Phi) is 24.5. The van der Waals surface area contributed by atoms with Crippen molar-refractivity contribution in [1.82, 2.24) is 0 Å². The maximum absolute atomic E-state index is 9.02. The second-order valence-electron chi connectivity index (χ2n) is 13.3. The van der Waals surface area contributed by atoms with E-state index in [0.717, 1.165) is 24.7 Å². The summed E-state index contributed by atoms with van der Waals surface area (Å²) in [6, 6.07) is 0. The van der Waals surface area contributed by atoms with Crippen LogP contribution in [0.25, 0.3) is 0 Å². The lowest BCUT2D eigenvalue weighted by Gasteiger charge is -2.48. The number of hydrogen-bond acceptors (Lipinski definition) is 2. The van der Waals surface area contributed by atoms with E-state index in [9.17, 15) is 0 Å². The molecule has 0 saturated heterocycles. The first kappa shape index (κ1) is 35.9. The third-order valence-corrected chi connectivity index (χ3v) is 10.0. The molecule has 228 valence electrons. The second kappa shape index (κ2) is 25.9. The van der Waals surface area contributed by atoms with Gasteiger partial charge in [-0.15, -0.1) is 0 Å². The van der Waals surface area contributed by atoms with Gasteiger partial charge < -0.3 is 10.2 Å². The molecule has 0 aromatic carbocycles. The molecule has 1 rings (SSSR count). The van der Waals surface area contributed by atoms with Crippen LogP contribution in [0, 0.1) is 17.3 Å². The molecule has 2 nitrogen and oxygen atoms in total. The molecule has 0 radical (unpaired) electrons. The van der Waals surface area contributed by atoms with Crippen molar-refractivity contribution in [3.8, 4) is 0 Å². The highest BCUT2D eigenvalue weighted by atomic mass is 16.3. The van der Waals surface area contributed by atoms with Crippen molar-refractivity contribution in [1.29, 1.82) is 0 Å². The van der Waals surface area contributed by atoms with Crippen LogP contribution in [-0.4, -0.2) is 23.4 Å². The van der Waals surface area contributed by atoms with Crippen LogP contribution in [0.1, 0.15) is 200 Å². The van der Waals surface area contributed by atoms with Gasteiger partial charge in [0.2, 0.25) is 0 Å². The standard InChI is InChI=1S/C36H72O2/c1-3-5-7-20-26-35-28-27-34(25-19-15-11-14-18-24-32-38)33-36(35,29-21-8-6-4-2)30-22-16-12-9-10-13-17-23-31-37/h34-35,37-38H,3-33H2,1-2H3. The molecule has 1 fully saturated rings. The van der Waals surface area contributed by atoms with Crippen molar-refractivity contribution in [3.05, 3.63) is 0 Å². The average Bonchev–Trinajstić information content (AvgIpc) is 2.93. The Hall–Kier alpha value is -0.0800. The molecule has 38 heavy (non-hydrogen) atoms. The lowest BCUT2D eigenvalue weighted by molar-refractivity contribution is 0.0235. The fourth-order valence-corrected chi connectivity index (χ4v) is 7.64. The van der Waals surface area contributed by atoms with Crippen molar-refractivity contribution in [2.75, 3.05) is 13.2 Å². The lowest BCUT2D eigenvalue weighted by atomic mass is 9.57. The first-order valence-corrected chi connectivity index (χ1v) is 17.9. The average molecular weight is 537 g/mol. The zero-order valence-corrected chi connectivity index (χ0v) is 26.5. The minimum absolute atomic E-state index is 0.367. The molecule has 3 atom stereocenters. The molecule has 1 saturated carbocycles. The van der Waals surface area contributed by atoms with Crippen molar-refractivity contribution in [3.63, 3.8) is 0 Å². The highest BCUT2D eigenvalue weighted by Gasteiger charge is 2.42. The molecule has 3 unspecified atom stereocenters. The van der Waals surface area contributed by atoms with Gasteiger partial charge in [0.05, 0.1) is 0 Å². The van der Waals surface area contributed by atoms with Crippen molar-refractivity contribution in [2.24, 2.45) is 17.3 Å². The van der Waals surface area contributed by atoms with Gasteiger partial charge in [-0.05, 0) is 62.2 Å². The molecule has 0 bridgehead atoms. The summed E-state index contributed by atoms with van der Waals surface area (Å²) in [5, 5.41) is 18.0. The van der Waals surface area contributed by atoms with Crippen LogP contribution < -0.4 is 0 Å². The zero-order valence-electron chi connectivity index (χ0n) is 26.5. The number of aliphatic hydroxyl groups excluding tert-OH is 2. The first-order valence-electron chi connectivity index (χ1n) is 17.9. The summed E-state index contributed by atoms with van der Waals surface area (Å²) in [5.74, 6) is 1.98. The van der Waals surface area contributed by atoms with Gasteiger partial charge in [0, 0.05) is 13.2 Å². The third-order valence-electron chi connectivity index (χ3n) is 10.0. The van der Waals surface area contributed by atoms with Gasteiger partial charge in [-0.25, -0.2) is 0 Å². The summed E-state index contributed by atoms with van der Waals surface area (Å²) in [7, 11) is 0. The topological polar surface area (TPSA) is 40.5 Å².